The van der Waals surface area contributed by atoms with Crippen LogP contribution in [-0.4, -0.2) is 27.3 Å². The number of nitrogens with one attached hydrogen (secondary N) is 1. The normalized spacial score (nSPS) is 19.4. The van der Waals surface area contributed by atoms with Gasteiger partial charge in [-0.3, -0.25) is 0 Å². The molecule has 2 aromatic carbocycles. The van der Waals surface area contributed by atoms with Gasteiger partial charge >= 0.3 is 0 Å². The number of halogens is 1. The summed E-state index contributed by atoms with van der Waals surface area (Å²) in [5.74, 6) is 1.08. The lowest BCUT2D eigenvalue weighted by Crippen LogP contribution is -2.28. The van der Waals surface area contributed by atoms with E-state index < -0.39 is 0 Å². The highest BCUT2D eigenvalue weighted by Crippen LogP contribution is 2.38. The molecule has 0 fully saturated rings. The first-order valence-electron chi connectivity index (χ1n) is 7.69. The molecule has 122 valence electrons. The maximum Gasteiger partial charge on any atom is 0.243 e. The molecule has 2 heterocycles. The summed E-state index contributed by atoms with van der Waals surface area (Å²) in [7, 11) is 1.64. The molecule has 4 rings (SSSR count). The van der Waals surface area contributed by atoms with Gasteiger partial charge in [-0.15, -0.1) is 0 Å². The highest BCUT2D eigenvalue weighted by molar-refractivity contribution is 5.39. The van der Waals surface area contributed by atoms with Crippen molar-refractivity contribution >= 4 is 5.95 Å². The number of benzene rings is 2. The predicted octanol–water partition coefficient (Wildman–Crippen LogP) is 2.97. The topological polar surface area (TPSA) is 64.9 Å². The van der Waals surface area contributed by atoms with Crippen LogP contribution in [0.2, 0.25) is 0 Å². The van der Waals surface area contributed by atoms with Crippen molar-refractivity contribution in [2.45, 2.75) is 18.5 Å². The first kappa shape index (κ1) is 14.6. The third-order valence-electron chi connectivity index (χ3n) is 4.33. The van der Waals surface area contributed by atoms with Gasteiger partial charge in [-0.05, 0) is 40.6 Å². The quantitative estimate of drug-likeness (QED) is 0.802. The fourth-order valence-corrected chi connectivity index (χ4v) is 3.10. The van der Waals surface area contributed by atoms with Gasteiger partial charge < -0.3 is 10.1 Å². The summed E-state index contributed by atoms with van der Waals surface area (Å²) in [6.45, 7) is 0. The maximum atomic E-state index is 14.3. The van der Waals surface area contributed by atoms with Crippen molar-refractivity contribution in [1.82, 2.24) is 20.2 Å². The van der Waals surface area contributed by atoms with E-state index in [1.165, 1.54) is 6.07 Å². The van der Waals surface area contributed by atoms with Crippen LogP contribution in [-0.2, 0) is 0 Å². The Balaban J connectivity index is 1.72. The number of aromatic nitrogens is 4. The molecule has 0 bridgehead atoms. The number of tetrazole rings is 1. The van der Waals surface area contributed by atoms with Crippen molar-refractivity contribution in [3.63, 3.8) is 0 Å². The lowest BCUT2D eigenvalue weighted by atomic mass is 9.93. The van der Waals surface area contributed by atoms with Crippen molar-refractivity contribution in [2.24, 2.45) is 0 Å². The van der Waals surface area contributed by atoms with Crippen LogP contribution in [0.3, 0.4) is 0 Å². The van der Waals surface area contributed by atoms with Gasteiger partial charge in [0.1, 0.15) is 11.6 Å². The Labute approximate surface area is 138 Å². The number of hydrogen-bond acceptors (Lipinski definition) is 5. The fourth-order valence-electron chi connectivity index (χ4n) is 3.10. The van der Waals surface area contributed by atoms with E-state index in [4.69, 9.17) is 4.74 Å². The minimum Gasteiger partial charge on any atom is -0.497 e. The predicted molar refractivity (Wildman–Crippen MR) is 86.3 cm³/mol. The minimum absolute atomic E-state index is 0.0148. The number of hydrogen-bond donors (Lipinski definition) is 1. The van der Waals surface area contributed by atoms with Crippen LogP contribution in [0, 0.1) is 5.82 Å². The van der Waals surface area contributed by atoms with E-state index in [2.05, 4.69) is 20.8 Å². The first-order chi connectivity index (χ1) is 11.8. The summed E-state index contributed by atoms with van der Waals surface area (Å²) >= 11 is 0. The summed E-state index contributed by atoms with van der Waals surface area (Å²) in [5, 5.41) is 15.1. The Hall–Kier alpha value is -2.96. The SMILES string of the molecule is COc1ccc([C@H]2C[C@H](c3ccccc3F)n3nnnc3N2)cc1. The summed E-state index contributed by atoms with van der Waals surface area (Å²) in [4.78, 5) is 0. The molecule has 0 spiro atoms. The largest absolute Gasteiger partial charge is 0.497 e. The van der Waals surface area contributed by atoms with Gasteiger partial charge in [0.25, 0.3) is 0 Å². The summed E-state index contributed by atoms with van der Waals surface area (Å²) in [6.07, 6.45) is 0.644. The van der Waals surface area contributed by atoms with Crippen molar-refractivity contribution in [1.29, 1.82) is 0 Å². The van der Waals surface area contributed by atoms with E-state index in [0.717, 1.165) is 11.3 Å². The van der Waals surface area contributed by atoms with Crippen molar-refractivity contribution in [2.75, 3.05) is 12.4 Å². The van der Waals surface area contributed by atoms with Gasteiger partial charge in [0.15, 0.2) is 0 Å². The summed E-state index contributed by atoms with van der Waals surface area (Å²) in [6, 6.07) is 14.3. The molecule has 1 N–H and O–H groups in total. The molecule has 2 atom stereocenters. The van der Waals surface area contributed by atoms with Crippen LogP contribution in [0.15, 0.2) is 48.5 Å². The molecule has 24 heavy (non-hydrogen) atoms. The number of rotatable bonds is 3. The lowest BCUT2D eigenvalue weighted by Gasteiger charge is -2.31. The van der Waals surface area contributed by atoms with E-state index in [0.29, 0.717) is 17.9 Å². The molecule has 0 saturated heterocycles. The summed E-state index contributed by atoms with van der Waals surface area (Å²) < 4.78 is 21.1. The zero-order valence-corrected chi connectivity index (χ0v) is 13.1. The molecule has 0 radical (unpaired) electrons. The average molecular weight is 325 g/mol. The van der Waals surface area contributed by atoms with E-state index in [9.17, 15) is 4.39 Å². The second-order valence-electron chi connectivity index (χ2n) is 5.69. The van der Waals surface area contributed by atoms with E-state index >= 15 is 0 Å². The monoisotopic (exact) mass is 325 g/mol. The van der Waals surface area contributed by atoms with E-state index in [1.807, 2.05) is 30.3 Å². The zero-order chi connectivity index (χ0) is 16.5. The highest BCUT2D eigenvalue weighted by Gasteiger charge is 2.31. The Morgan fingerprint density at radius 2 is 1.96 bits per heavy atom. The van der Waals surface area contributed by atoms with Gasteiger partial charge in [0.05, 0.1) is 19.2 Å². The number of fused-ring (bicyclic) bond motifs is 1. The van der Waals surface area contributed by atoms with Gasteiger partial charge in [-0.25, -0.2) is 9.07 Å². The number of anilines is 1. The highest BCUT2D eigenvalue weighted by atomic mass is 19.1. The van der Waals surface area contributed by atoms with Crippen LogP contribution < -0.4 is 10.1 Å². The Kier molecular flexibility index (Phi) is 3.60. The standard InChI is InChI=1S/C17H16FN5O/c1-24-12-8-6-11(7-9-12)15-10-16(13-4-2-3-5-14(13)18)23-17(19-15)20-21-22-23/h2-9,15-16H,10H2,1H3,(H,19,20,22)/t15-,16-/m1/s1. The molecule has 7 heteroatoms. The van der Waals surface area contributed by atoms with E-state index in [-0.39, 0.29) is 17.9 Å². The van der Waals surface area contributed by atoms with Crippen molar-refractivity contribution < 1.29 is 9.13 Å². The molecular formula is C17H16FN5O. The van der Waals surface area contributed by atoms with Crippen LogP contribution in [0.5, 0.6) is 5.75 Å². The Bertz CT molecular complexity index is 848. The van der Waals surface area contributed by atoms with Crippen LogP contribution in [0.4, 0.5) is 10.3 Å². The Morgan fingerprint density at radius 3 is 2.71 bits per heavy atom. The molecule has 1 aliphatic rings. The molecule has 0 amide bonds. The van der Waals surface area contributed by atoms with E-state index in [1.54, 1.807) is 23.9 Å². The van der Waals surface area contributed by atoms with Gasteiger partial charge in [0, 0.05) is 5.56 Å². The van der Waals surface area contributed by atoms with Crippen LogP contribution in [0.25, 0.3) is 0 Å². The molecular weight excluding hydrogens is 309 g/mol. The molecule has 3 aromatic rings. The molecule has 0 unspecified atom stereocenters. The van der Waals surface area contributed by atoms with Crippen molar-refractivity contribution in [3.05, 3.63) is 65.5 Å². The average Bonchev–Trinajstić information content (AvgIpc) is 3.10. The number of methoxy groups -OCH3 is 1. The van der Waals surface area contributed by atoms with Crippen LogP contribution >= 0.6 is 0 Å². The molecule has 6 nitrogen and oxygen atoms in total. The van der Waals surface area contributed by atoms with Gasteiger partial charge in [-0.1, -0.05) is 35.4 Å². The maximum absolute atomic E-state index is 14.3. The second-order valence-corrected chi connectivity index (χ2v) is 5.69. The zero-order valence-electron chi connectivity index (χ0n) is 13.1. The van der Waals surface area contributed by atoms with Crippen LogP contribution in [0.1, 0.15) is 29.6 Å². The molecule has 0 aliphatic carbocycles. The first-order valence-corrected chi connectivity index (χ1v) is 7.69. The molecule has 1 aliphatic heterocycles. The van der Waals surface area contributed by atoms with Gasteiger partial charge in [0.2, 0.25) is 5.95 Å². The minimum atomic E-state index is -0.260. The molecule has 0 saturated carbocycles. The lowest BCUT2D eigenvalue weighted by molar-refractivity contribution is 0.406. The Morgan fingerprint density at radius 1 is 1.17 bits per heavy atom. The van der Waals surface area contributed by atoms with Crippen molar-refractivity contribution in [3.8, 4) is 5.75 Å². The second kappa shape index (κ2) is 5.92. The summed E-state index contributed by atoms with van der Waals surface area (Å²) in [5.41, 5.74) is 1.66. The number of nitrogens with zero attached hydrogens (tertiary/aromatic N) is 4. The third-order valence-corrected chi connectivity index (χ3v) is 4.33. The third kappa shape index (κ3) is 2.47. The van der Waals surface area contributed by atoms with Gasteiger partial charge in [-0.2, -0.15) is 0 Å². The number of ether oxygens (including phenoxy) is 1. The fraction of sp³-hybridized carbons (Fsp3) is 0.235. The molecule has 1 aromatic heterocycles. The smallest absolute Gasteiger partial charge is 0.243 e.